The van der Waals surface area contributed by atoms with Crippen LogP contribution in [0, 0.1) is 0 Å². The highest BCUT2D eigenvalue weighted by Crippen LogP contribution is 2.25. The number of thioether (sulfide) groups is 1. The van der Waals surface area contributed by atoms with Gasteiger partial charge in [-0.05, 0) is 55.5 Å². The number of hydrogen-bond acceptors (Lipinski definition) is 6. The molecule has 1 aromatic carbocycles. The summed E-state index contributed by atoms with van der Waals surface area (Å²) in [7, 11) is 0. The minimum atomic E-state index is -0.673. The van der Waals surface area contributed by atoms with Crippen LogP contribution in [0.2, 0.25) is 0 Å². The summed E-state index contributed by atoms with van der Waals surface area (Å²) in [5.41, 5.74) is 1.56. The Morgan fingerprint density at radius 2 is 2.09 bits per heavy atom. The zero-order valence-electron chi connectivity index (χ0n) is 18.0. The van der Waals surface area contributed by atoms with Gasteiger partial charge in [-0.2, -0.15) is 11.8 Å². The molecule has 3 aromatic rings. The summed E-state index contributed by atoms with van der Waals surface area (Å²) in [5, 5.41) is 14.5. The summed E-state index contributed by atoms with van der Waals surface area (Å²) >= 11 is 1.62. The molecular formula is C23H27N5O3S. The van der Waals surface area contributed by atoms with Gasteiger partial charge in [-0.1, -0.05) is 18.6 Å². The van der Waals surface area contributed by atoms with Crippen molar-refractivity contribution in [2.75, 3.05) is 17.3 Å². The first-order valence-corrected chi connectivity index (χ1v) is 12.2. The molecule has 2 N–H and O–H groups in total. The number of aromatic nitrogens is 3. The standard InChI is InChI=1S/C23H27N5O3S/c1-32-14-11-18(25-23(30)19-9-6-13-31-19)22(29)24-17-8-5-7-16(15-17)21-27-26-20-10-3-2-4-12-28(20)21/h5-9,13,15,18H,2-4,10-12,14H2,1H3,(H,24,29)(H,25,30)/t18-/m1/s1. The molecule has 2 aromatic heterocycles. The van der Waals surface area contributed by atoms with E-state index in [-0.39, 0.29) is 11.7 Å². The average Bonchev–Trinajstić information content (AvgIpc) is 3.42. The van der Waals surface area contributed by atoms with Crippen molar-refractivity contribution in [2.24, 2.45) is 0 Å². The zero-order valence-corrected chi connectivity index (χ0v) is 18.9. The van der Waals surface area contributed by atoms with E-state index in [0.717, 1.165) is 48.8 Å². The number of hydrogen-bond donors (Lipinski definition) is 2. The Kier molecular flexibility index (Phi) is 7.26. The predicted molar refractivity (Wildman–Crippen MR) is 125 cm³/mol. The van der Waals surface area contributed by atoms with E-state index in [1.54, 1.807) is 23.9 Å². The molecule has 0 radical (unpaired) electrons. The molecule has 4 rings (SSSR count). The highest BCUT2D eigenvalue weighted by molar-refractivity contribution is 7.98. The summed E-state index contributed by atoms with van der Waals surface area (Å²) in [6, 6.07) is 10.1. The lowest BCUT2D eigenvalue weighted by molar-refractivity contribution is -0.118. The van der Waals surface area contributed by atoms with Gasteiger partial charge in [-0.25, -0.2) is 0 Å². The van der Waals surface area contributed by atoms with E-state index in [1.807, 2.05) is 30.5 Å². The quantitative estimate of drug-likeness (QED) is 0.539. The molecule has 0 saturated heterocycles. The fourth-order valence-corrected chi connectivity index (χ4v) is 4.28. The third kappa shape index (κ3) is 5.21. The molecule has 0 bridgehead atoms. The van der Waals surface area contributed by atoms with Gasteiger partial charge in [0.15, 0.2) is 11.6 Å². The molecule has 0 spiro atoms. The summed E-state index contributed by atoms with van der Waals surface area (Å²) in [6.07, 6.45) is 8.29. The van der Waals surface area contributed by atoms with Crippen LogP contribution < -0.4 is 10.6 Å². The van der Waals surface area contributed by atoms with Gasteiger partial charge in [-0.15, -0.1) is 10.2 Å². The smallest absolute Gasteiger partial charge is 0.287 e. The number of nitrogens with one attached hydrogen (secondary N) is 2. The molecule has 3 heterocycles. The van der Waals surface area contributed by atoms with Crippen molar-refractivity contribution in [1.29, 1.82) is 0 Å². The lowest BCUT2D eigenvalue weighted by atomic mass is 10.1. The lowest BCUT2D eigenvalue weighted by Crippen LogP contribution is -2.44. The normalized spacial score (nSPS) is 14.3. The topological polar surface area (TPSA) is 102 Å². The van der Waals surface area contributed by atoms with E-state index < -0.39 is 11.9 Å². The Balaban J connectivity index is 1.49. The largest absolute Gasteiger partial charge is 0.459 e. The highest BCUT2D eigenvalue weighted by atomic mass is 32.2. The molecule has 9 heteroatoms. The number of furan rings is 1. The molecular weight excluding hydrogens is 426 g/mol. The monoisotopic (exact) mass is 453 g/mol. The van der Waals surface area contributed by atoms with Gasteiger partial charge >= 0.3 is 0 Å². The van der Waals surface area contributed by atoms with E-state index in [1.165, 1.54) is 12.7 Å². The van der Waals surface area contributed by atoms with Crippen LogP contribution in [0.4, 0.5) is 5.69 Å². The molecule has 32 heavy (non-hydrogen) atoms. The van der Waals surface area contributed by atoms with E-state index in [9.17, 15) is 9.59 Å². The van der Waals surface area contributed by atoms with Crippen LogP contribution >= 0.6 is 11.8 Å². The van der Waals surface area contributed by atoms with Crippen molar-refractivity contribution in [3.63, 3.8) is 0 Å². The van der Waals surface area contributed by atoms with Gasteiger partial charge in [0.2, 0.25) is 5.91 Å². The maximum Gasteiger partial charge on any atom is 0.287 e. The molecule has 0 aliphatic carbocycles. The maximum absolute atomic E-state index is 13.0. The molecule has 0 fully saturated rings. The van der Waals surface area contributed by atoms with Crippen LogP contribution in [0.5, 0.6) is 0 Å². The number of aryl methyl sites for hydroxylation is 1. The molecule has 1 aliphatic heterocycles. The number of anilines is 1. The summed E-state index contributed by atoms with van der Waals surface area (Å²) < 4.78 is 7.33. The number of carbonyl (C=O) groups excluding carboxylic acids is 2. The number of benzene rings is 1. The maximum atomic E-state index is 13.0. The Morgan fingerprint density at radius 1 is 1.19 bits per heavy atom. The van der Waals surface area contributed by atoms with Gasteiger partial charge in [0, 0.05) is 24.2 Å². The van der Waals surface area contributed by atoms with Gasteiger partial charge in [0.05, 0.1) is 6.26 Å². The number of fused-ring (bicyclic) bond motifs is 1. The van der Waals surface area contributed by atoms with Gasteiger partial charge in [-0.3, -0.25) is 9.59 Å². The van der Waals surface area contributed by atoms with E-state index in [4.69, 9.17) is 4.42 Å². The first-order valence-electron chi connectivity index (χ1n) is 10.8. The zero-order chi connectivity index (χ0) is 22.3. The van der Waals surface area contributed by atoms with Gasteiger partial charge in [0.1, 0.15) is 11.9 Å². The van der Waals surface area contributed by atoms with Crippen molar-refractivity contribution in [1.82, 2.24) is 20.1 Å². The molecule has 1 aliphatic rings. The minimum Gasteiger partial charge on any atom is -0.459 e. The van der Waals surface area contributed by atoms with E-state index in [2.05, 4.69) is 25.4 Å². The van der Waals surface area contributed by atoms with Crippen LogP contribution in [-0.2, 0) is 17.8 Å². The van der Waals surface area contributed by atoms with Crippen molar-refractivity contribution in [3.8, 4) is 11.4 Å². The minimum absolute atomic E-state index is 0.182. The fourth-order valence-electron chi connectivity index (χ4n) is 3.81. The van der Waals surface area contributed by atoms with Crippen molar-refractivity contribution in [3.05, 3.63) is 54.2 Å². The number of amides is 2. The number of carbonyl (C=O) groups is 2. The second kappa shape index (κ2) is 10.5. The molecule has 0 saturated carbocycles. The molecule has 1 atom stereocenters. The average molecular weight is 454 g/mol. The first-order chi connectivity index (χ1) is 15.7. The van der Waals surface area contributed by atoms with Gasteiger partial charge in [0.25, 0.3) is 5.91 Å². The molecule has 168 valence electrons. The Morgan fingerprint density at radius 3 is 2.91 bits per heavy atom. The van der Waals surface area contributed by atoms with E-state index >= 15 is 0 Å². The Hall–Kier alpha value is -3.07. The predicted octanol–water partition coefficient (Wildman–Crippen LogP) is 3.75. The van der Waals surface area contributed by atoms with Crippen LogP contribution in [-0.4, -0.2) is 44.6 Å². The summed E-state index contributed by atoms with van der Waals surface area (Å²) in [6.45, 7) is 0.907. The fraction of sp³-hybridized carbons (Fsp3) is 0.391. The van der Waals surface area contributed by atoms with Crippen LogP contribution in [0.25, 0.3) is 11.4 Å². The van der Waals surface area contributed by atoms with Crippen LogP contribution in [0.3, 0.4) is 0 Å². The SMILES string of the molecule is CSCC[C@@H](NC(=O)c1ccco1)C(=O)Nc1cccc(-c2nnc3n2CCCCC3)c1. The summed E-state index contributed by atoms with van der Waals surface area (Å²) in [4.78, 5) is 25.4. The highest BCUT2D eigenvalue weighted by Gasteiger charge is 2.23. The first kappa shape index (κ1) is 22.1. The van der Waals surface area contributed by atoms with Crippen LogP contribution in [0.15, 0.2) is 47.1 Å². The van der Waals surface area contributed by atoms with Crippen molar-refractivity contribution < 1.29 is 14.0 Å². The second-order valence-corrected chi connectivity index (χ2v) is 8.74. The molecule has 0 unspecified atom stereocenters. The second-order valence-electron chi connectivity index (χ2n) is 7.76. The molecule has 8 nitrogen and oxygen atoms in total. The van der Waals surface area contributed by atoms with Crippen LogP contribution in [0.1, 0.15) is 42.1 Å². The van der Waals surface area contributed by atoms with Crippen molar-refractivity contribution in [2.45, 2.75) is 44.7 Å². The third-order valence-electron chi connectivity index (χ3n) is 5.48. The number of nitrogens with zero attached hydrogens (tertiary/aromatic N) is 3. The van der Waals surface area contributed by atoms with E-state index in [0.29, 0.717) is 12.1 Å². The summed E-state index contributed by atoms with van der Waals surface area (Å²) in [5.74, 6) is 2.09. The Bertz CT molecular complexity index is 1060. The third-order valence-corrected chi connectivity index (χ3v) is 6.12. The Labute approximate surface area is 191 Å². The number of rotatable bonds is 8. The lowest BCUT2D eigenvalue weighted by Gasteiger charge is -2.18. The van der Waals surface area contributed by atoms with Gasteiger partial charge < -0.3 is 19.6 Å². The van der Waals surface area contributed by atoms with Crippen molar-refractivity contribution >= 4 is 29.3 Å². The molecule has 2 amide bonds.